The number of nitrogen functional groups attached to an aromatic ring is 1. The summed E-state index contributed by atoms with van der Waals surface area (Å²) < 4.78 is 0. The van der Waals surface area contributed by atoms with Gasteiger partial charge in [-0.3, -0.25) is 0 Å². The molecule has 15 heavy (non-hydrogen) atoms. The lowest BCUT2D eigenvalue weighted by molar-refractivity contribution is 1.05. The van der Waals surface area contributed by atoms with E-state index in [4.69, 9.17) is 17.3 Å². The van der Waals surface area contributed by atoms with Crippen molar-refractivity contribution in [2.45, 2.75) is 6.54 Å². The Hall–Kier alpha value is -1.33. The lowest BCUT2D eigenvalue weighted by Crippen LogP contribution is -2.04. The van der Waals surface area contributed by atoms with Gasteiger partial charge < -0.3 is 11.1 Å². The van der Waals surface area contributed by atoms with E-state index >= 15 is 0 Å². The van der Waals surface area contributed by atoms with E-state index in [1.54, 1.807) is 29.0 Å². The zero-order chi connectivity index (χ0) is 10.7. The Morgan fingerprint density at radius 3 is 3.07 bits per heavy atom. The molecule has 0 aromatic carbocycles. The predicted octanol–water partition coefficient (Wildman–Crippen LogP) is 2.39. The maximum atomic E-state index is 5.76. The molecule has 6 heteroatoms. The molecule has 0 spiro atoms. The number of hydrogen-bond donors (Lipinski definition) is 2. The molecule has 0 saturated carbocycles. The maximum absolute atomic E-state index is 5.76. The molecular formula is C9H9ClN4S. The molecule has 0 amide bonds. The number of aromatic nitrogens is 2. The minimum atomic E-state index is 0.421. The highest BCUT2D eigenvalue weighted by Gasteiger charge is 2.02. The van der Waals surface area contributed by atoms with Crippen LogP contribution in [0.25, 0.3) is 0 Å². The van der Waals surface area contributed by atoms with E-state index in [-0.39, 0.29) is 0 Å². The van der Waals surface area contributed by atoms with Crippen molar-refractivity contribution in [3.05, 3.63) is 33.9 Å². The average molecular weight is 241 g/mol. The predicted molar refractivity (Wildman–Crippen MR) is 63.1 cm³/mol. The highest BCUT2D eigenvalue weighted by Crippen LogP contribution is 2.18. The number of halogens is 1. The van der Waals surface area contributed by atoms with Crippen molar-refractivity contribution in [2.75, 3.05) is 11.1 Å². The third-order valence-electron chi connectivity index (χ3n) is 1.81. The Bertz CT molecular complexity index is 443. The van der Waals surface area contributed by atoms with Crippen molar-refractivity contribution in [3.63, 3.8) is 0 Å². The molecule has 0 aliphatic carbocycles. The van der Waals surface area contributed by atoms with Crippen LogP contribution in [0.15, 0.2) is 23.0 Å². The third kappa shape index (κ3) is 2.57. The number of nitrogens with one attached hydrogen (secondary N) is 1. The van der Waals surface area contributed by atoms with E-state index in [9.17, 15) is 0 Å². The van der Waals surface area contributed by atoms with Crippen LogP contribution in [-0.2, 0) is 6.54 Å². The van der Waals surface area contributed by atoms with Crippen LogP contribution in [0.4, 0.5) is 11.5 Å². The molecule has 0 saturated heterocycles. The summed E-state index contributed by atoms with van der Waals surface area (Å²) in [5.41, 5.74) is 9.05. The minimum Gasteiger partial charge on any atom is -0.396 e. The molecule has 0 fully saturated rings. The van der Waals surface area contributed by atoms with Gasteiger partial charge in [-0.05, 0) is 12.1 Å². The number of pyridine rings is 1. The Labute approximate surface area is 96.1 Å². The van der Waals surface area contributed by atoms with Crippen LogP contribution in [0.5, 0.6) is 0 Å². The number of anilines is 2. The van der Waals surface area contributed by atoms with Crippen LogP contribution in [0, 0.1) is 0 Å². The molecule has 2 rings (SSSR count). The second-order valence-corrected chi connectivity index (χ2v) is 4.01. The molecule has 0 atom stereocenters. The van der Waals surface area contributed by atoms with E-state index in [0.717, 1.165) is 5.69 Å². The summed E-state index contributed by atoms with van der Waals surface area (Å²) in [6.45, 7) is 0.598. The van der Waals surface area contributed by atoms with Crippen LogP contribution in [0.2, 0.25) is 5.15 Å². The number of rotatable bonds is 3. The van der Waals surface area contributed by atoms with Gasteiger partial charge in [-0.1, -0.05) is 11.6 Å². The topological polar surface area (TPSA) is 63.8 Å². The van der Waals surface area contributed by atoms with Gasteiger partial charge in [-0.2, -0.15) is 0 Å². The molecule has 0 aliphatic rings. The summed E-state index contributed by atoms with van der Waals surface area (Å²) in [4.78, 5) is 8.21. The van der Waals surface area contributed by atoms with Gasteiger partial charge in [0.25, 0.3) is 0 Å². The van der Waals surface area contributed by atoms with E-state index in [2.05, 4.69) is 15.3 Å². The molecule has 2 aromatic rings. The van der Waals surface area contributed by atoms with Crippen molar-refractivity contribution in [3.8, 4) is 0 Å². The molecule has 78 valence electrons. The van der Waals surface area contributed by atoms with Gasteiger partial charge in [0.05, 0.1) is 23.4 Å². The molecule has 0 aliphatic heterocycles. The fourth-order valence-electron chi connectivity index (χ4n) is 1.09. The summed E-state index contributed by atoms with van der Waals surface area (Å²) >= 11 is 7.31. The van der Waals surface area contributed by atoms with Gasteiger partial charge in [0.1, 0.15) is 5.15 Å². The van der Waals surface area contributed by atoms with Crippen molar-refractivity contribution in [1.29, 1.82) is 0 Å². The highest BCUT2D eigenvalue weighted by molar-refractivity contribution is 7.07. The Kier molecular flexibility index (Phi) is 3.03. The van der Waals surface area contributed by atoms with E-state index in [0.29, 0.717) is 23.2 Å². The first-order chi connectivity index (χ1) is 7.25. The zero-order valence-electron chi connectivity index (χ0n) is 7.77. The first-order valence-corrected chi connectivity index (χ1v) is 5.61. The molecule has 2 heterocycles. The van der Waals surface area contributed by atoms with E-state index < -0.39 is 0 Å². The monoisotopic (exact) mass is 240 g/mol. The number of thiazole rings is 1. The van der Waals surface area contributed by atoms with Crippen LogP contribution >= 0.6 is 22.9 Å². The van der Waals surface area contributed by atoms with Crippen molar-refractivity contribution < 1.29 is 0 Å². The van der Waals surface area contributed by atoms with Crippen LogP contribution in [-0.4, -0.2) is 9.97 Å². The van der Waals surface area contributed by atoms with Crippen LogP contribution in [0.3, 0.4) is 0 Å². The summed E-state index contributed by atoms with van der Waals surface area (Å²) in [5.74, 6) is 0.593. The average Bonchev–Trinajstić information content (AvgIpc) is 2.72. The smallest absolute Gasteiger partial charge is 0.151 e. The van der Waals surface area contributed by atoms with Gasteiger partial charge >= 0.3 is 0 Å². The fraction of sp³-hybridized carbons (Fsp3) is 0.111. The maximum Gasteiger partial charge on any atom is 0.151 e. The molecule has 0 bridgehead atoms. The summed E-state index contributed by atoms with van der Waals surface area (Å²) in [5, 5.41) is 5.47. The lowest BCUT2D eigenvalue weighted by Gasteiger charge is -2.06. The summed E-state index contributed by atoms with van der Waals surface area (Å²) in [6, 6.07) is 3.38. The number of hydrogen-bond acceptors (Lipinski definition) is 5. The van der Waals surface area contributed by atoms with Crippen molar-refractivity contribution >= 4 is 34.4 Å². The Balaban J connectivity index is 2.07. The second kappa shape index (κ2) is 4.46. The second-order valence-electron chi connectivity index (χ2n) is 2.91. The first kappa shape index (κ1) is 10.2. The Morgan fingerprint density at radius 2 is 2.33 bits per heavy atom. The standard InChI is InChI=1S/C9H9ClN4S/c10-8-2-1-7(11)9(14-8)12-3-6-4-15-5-13-6/h1-2,4-5H,3,11H2,(H,12,14). The fourth-order valence-corrected chi connectivity index (χ4v) is 1.79. The molecule has 2 aromatic heterocycles. The molecular weight excluding hydrogens is 232 g/mol. The largest absolute Gasteiger partial charge is 0.396 e. The van der Waals surface area contributed by atoms with Crippen LogP contribution < -0.4 is 11.1 Å². The van der Waals surface area contributed by atoms with E-state index in [1.165, 1.54) is 0 Å². The van der Waals surface area contributed by atoms with Crippen molar-refractivity contribution in [1.82, 2.24) is 9.97 Å². The molecule has 3 N–H and O–H groups in total. The third-order valence-corrected chi connectivity index (χ3v) is 2.66. The van der Waals surface area contributed by atoms with Crippen LogP contribution in [0.1, 0.15) is 5.69 Å². The van der Waals surface area contributed by atoms with Gasteiger partial charge in [0, 0.05) is 5.38 Å². The molecule has 4 nitrogen and oxygen atoms in total. The SMILES string of the molecule is Nc1ccc(Cl)nc1NCc1cscn1. The van der Waals surface area contributed by atoms with Gasteiger partial charge in [0.2, 0.25) is 0 Å². The zero-order valence-corrected chi connectivity index (χ0v) is 9.35. The molecule has 0 radical (unpaired) electrons. The van der Waals surface area contributed by atoms with E-state index in [1.807, 2.05) is 5.38 Å². The lowest BCUT2D eigenvalue weighted by atomic mass is 10.4. The van der Waals surface area contributed by atoms with Gasteiger partial charge in [0.15, 0.2) is 5.82 Å². The molecule has 0 unspecified atom stereocenters. The summed E-state index contributed by atoms with van der Waals surface area (Å²) in [7, 11) is 0. The summed E-state index contributed by atoms with van der Waals surface area (Å²) in [6.07, 6.45) is 0. The quantitative estimate of drug-likeness (QED) is 0.809. The normalized spacial score (nSPS) is 10.2. The Morgan fingerprint density at radius 1 is 1.47 bits per heavy atom. The van der Waals surface area contributed by atoms with Gasteiger partial charge in [-0.25, -0.2) is 9.97 Å². The number of nitrogens with zero attached hydrogens (tertiary/aromatic N) is 2. The highest BCUT2D eigenvalue weighted by atomic mass is 35.5. The minimum absolute atomic E-state index is 0.421. The number of nitrogens with two attached hydrogens (primary N) is 1. The van der Waals surface area contributed by atoms with Gasteiger partial charge in [-0.15, -0.1) is 11.3 Å². The first-order valence-electron chi connectivity index (χ1n) is 4.28. The van der Waals surface area contributed by atoms with Crippen molar-refractivity contribution in [2.24, 2.45) is 0 Å².